The fraction of sp³-hybridized carbons (Fsp3) is 0.391. The number of hydrogen-bond donors (Lipinski definition) is 0. The summed E-state index contributed by atoms with van der Waals surface area (Å²) in [7, 11) is 0. The number of hydrogen-bond acceptors (Lipinski definition) is 6. The van der Waals surface area contributed by atoms with E-state index in [1.807, 2.05) is 40.6 Å². The average molecular weight is 497 g/mol. The van der Waals surface area contributed by atoms with Crippen LogP contribution in [0.1, 0.15) is 26.1 Å². The lowest BCUT2D eigenvalue weighted by molar-refractivity contribution is -0.137. The van der Waals surface area contributed by atoms with Crippen LogP contribution < -0.4 is 4.90 Å². The number of nitrogens with zero attached hydrogens (tertiary/aromatic N) is 2. The van der Waals surface area contributed by atoms with Gasteiger partial charge in [-0.3, -0.25) is 4.79 Å². The molecule has 0 radical (unpaired) electrons. The van der Waals surface area contributed by atoms with Crippen LogP contribution in [0.15, 0.2) is 48.5 Å². The highest BCUT2D eigenvalue weighted by atomic mass is 32.2. The molecule has 2 aliphatic heterocycles. The number of benzene rings is 2. The number of alkyl halides is 3. The fourth-order valence-electron chi connectivity index (χ4n) is 3.72. The first-order valence-electron chi connectivity index (χ1n) is 10.5. The maximum Gasteiger partial charge on any atom is 0.416 e. The van der Waals surface area contributed by atoms with E-state index in [-0.39, 0.29) is 12.5 Å². The molecular weight excluding hydrogens is 473 g/mol. The Morgan fingerprint density at radius 1 is 0.970 bits per heavy atom. The Hall–Kier alpha value is -2.33. The van der Waals surface area contributed by atoms with Gasteiger partial charge in [0.1, 0.15) is 0 Å². The maximum atomic E-state index is 13.0. The molecule has 0 unspecified atom stereocenters. The highest BCUT2D eigenvalue weighted by Crippen LogP contribution is 2.45. The molecule has 0 aromatic heterocycles. The van der Waals surface area contributed by atoms with E-state index in [4.69, 9.17) is 4.74 Å². The van der Waals surface area contributed by atoms with Crippen molar-refractivity contribution in [3.8, 4) is 0 Å². The maximum absolute atomic E-state index is 13.0. The van der Waals surface area contributed by atoms with Gasteiger partial charge in [0.15, 0.2) is 6.61 Å². The van der Waals surface area contributed by atoms with Crippen molar-refractivity contribution >= 4 is 41.1 Å². The summed E-state index contributed by atoms with van der Waals surface area (Å²) >= 11 is 3.77. The topological polar surface area (TPSA) is 49.9 Å². The Labute approximate surface area is 198 Å². The van der Waals surface area contributed by atoms with Crippen LogP contribution in [-0.2, 0) is 15.7 Å². The Balaban J connectivity index is 1.25. The van der Waals surface area contributed by atoms with Crippen molar-refractivity contribution in [2.45, 2.75) is 10.8 Å². The molecule has 33 heavy (non-hydrogen) atoms. The molecule has 2 aromatic rings. The third kappa shape index (κ3) is 5.97. The fourth-order valence-corrected chi connectivity index (χ4v) is 6.58. The molecule has 0 spiro atoms. The van der Waals surface area contributed by atoms with Gasteiger partial charge in [-0.05, 0) is 35.9 Å². The molecule has 2 aliphatic rings. The third-order valence-electron chi connectivity index (χ3n) is 5.54. The molecule has 1 amide bonds. The second-order valence-electron chi connectivity index (χ2n) is 7.69. The van der Waals surface area contributed by atoms with Gasteiger partial charge in [-0.1, -0.05) is 18.2 Å². The molecule has 2 aromatic carbocycles. The summed E-state index contributed by atoms with van der Waals surface area (Å²) in [6.45, 7) is 1.13. The number of rotatable bonds is 5. The Kier molecular flexibility index (Phi) is 7.43. The van der Waals surface area contributed by atoms with Crippen molar-refractivity contribution in [3.63, 3.8) is 0 Å². The Morgan fingerprint density at radius 3 is 2.27 bits per heavy atom. The normalized spacial score (nSPS) is 17.3. The Morgan fingerprint density at radius 2 is 1.64 bits per heavy atom. The Bertz CT molecular complexity index is 987. The number of ether oxygens (including phenoxy) is 1. The number of piperazine rings is 1. The van der Waals surface area contributed by atoms with Crippen LogP contribution in [0.4, 0.5) is 18.9 Å². The van der Waals surface area contributed by atoms with Gasteiger partial charge in [-0.15, -0.1) is 23.5 Å². The molecule has 0 bridgehead atoms. The lowest BCUT2D eigenvalue weighted by Gasteiger charge is -2.36. The van der Waals surface area contributed by atoms with Gasteiger partial charge in [0.05, 0.1) is 15.7 Å². The molecule has 4 rings (SSSR count). The van der Waals surface area contributed by atoms with E-state index < -0.39 is 17.7 Å². The van der Waals surface area contributed by atoms with E-state index in [2.05, 4.69) is 0 Å². The minimum atomic E-state index is -4.40. The molecule has 176 valence electrons. The number of halogens is 3. The quantitative estimate of drug-likeness (QED) is 0.560. The summed E-state index contributed by atoms with van der Waals surface area (Å²) in [5.74, 6) is 1.37. The summed E-state index contributed by atoms with van der Waals surface area (Å²) in [5, 5.41) is 0. The minimum Gasteiger partial charge on any atom is -0.452 e. The van der Waals surface area contributed by atoms with Crippen molar-refractivity contribution in [1.82, 2.24) is 4.90 Å². The van der Waals surface area contributed by atoms with E-state index in [1.165, 1.54) is 6.07 Å². The van der Waals surface area contributed by atoms with Gasteiger partial charge >= 0.3 is 12.1 Å². The highest BCUT2D eigenvalue weighted by Gasteiger charge is 2.31. The molecule has 0 atom stereocenters. The molecule has 2 heterocycles. The number of carbonyl (C=O) groups is 2. The van der Waals surface area contributed by atoms with Gasteiger partial charge in [0.25, 0.3) is 5.91 Å². The first-order chi connectivity index (χ1) is 15.8. The largest absolute Gasteiger partial charge is 0.452 e. The number of carbonyl (C=O) groups excluding carboxylic acids is 2. The van der Waals surface area contributed by atoms with Gasteiger partial charge in [0, 0.05) is 43.4 Å². The van der Waals surface area contributed by atoms with Crippen molar-refractivity contribution in [2.75, 3.05) is 49.2 Å². The SMILES string of the molecule is O=C(OCC(=O)N1CCN(c2cccc(C(F)(F)F)c2)CC1)c1ccc(C2SCCS2)cc1. The predicted molar refractivity (Wildman–Crippen MR) is 125 cm³/mol. The second-order valence-corrected chi connectivity index (χ2v) is 10.4. The van der Waals surface area contributed by atoms with Crippen molar-refractivity contribution in [2.24, 2.45) is 0 Å². The monoisotopic (exact) mass is 496 g/mol. The molecule has 2 fully saturated rings. The first-order valence-corrected chi connectivity index (χ1v) is 12.6. The summed E-state index contributed by atoms with van der Waals surface area (Å²) in [6.07, 6.45) is -4.40. The van der Waals surface area contributed by atoms with Crippen LogP contribution in [0.25, 0.3) is 0 Å². The molecule has 10 heteroatoms. The van der Waals surface area contributed by atoms with Crippen molar-refractivity contribution < 1.29 is 27.5 Å². The summed E-state index contributed by atoms with van der Waals surface area (Å²) < 4.78 is 44.4. The number of anilines is 1. The molecule has 0 N–H and O–H groups in total. The van der Waals surface area contributed by atoms with E-state index >= 15 is 0 Å². The van der Waals surface area contributed by atoms with E-state index in [0.717, 1.165) is 29.2 Å². The van der Waals surface area contributed by atoms with Crippen LogP contribution in [-0.4, -0.2) is 61.1 Å². The van der Waals surface area contributed by atoms with Gasteiger partial charge < -0.3 is 14.5 Å². The lowest BCUT2D eigenvalue weighted by atomic mass is 10.1. The van der Waals surface area contributed by atoms with Crippen LogP contribution in [0.5, 0.6) is 0 Å². The van der Waals surface area contributed by atoms with Crippen molar-refractivity contribution in [1.29, 1.82) is 0 Å². The summed E-state index contributed by atoms with van der Waals surface area (Å²) in [4.78, 5) is 28.2. The lowest BCUT2D eigenvalue weighted by Crippen LogP contribution is -2.50. The summed E-state index contributed by atoms with van der Waals surface area (Å²) in [6, 6.07) is 12.4. The number of amides is 1. The highest BCUT2D eigenvalue weighted by molar-refractivity contribution is 8.19. The average Bonchev–Trinajstić information content (AvgIpc) is 3.37. The van der Waals surface area contributed by atoms with Gasteiger partial charge in [0.2, 0.25) is 0 Å². The molecule has 0 saturated carbocycles. The molecule has 0 aliphatic carbocycles. The van der Waals surface area contributed by atoms with E-state index in [1.54, 1.807) is 23.1 Å². The number of esters is 1. The predicted octanol–water partition coefficient (Wildman–Crippen LogP) is 4.69. The first kappa shape index (κ1) is 23.8. The summed E-state index contributed by atoms with van der Waals surface area (Å²) in [5.41, 5.74) is 1.34. The van der Waals surface area contributed by atoms with Crippen LogP contribution >= 0.6 is 23.5 Å². The molecular formula is C23H23F3N2O3S2. The van der Waals surface area contributed by atoms with Crippen LogP contribution in [0.2, 0.25) is 0 Å². The number of thioether (sulfide) groups is 2. The molecule has 5 nitrogen and oxygen atoms in total. The van der Waals surface area contributed by atoms with Gasteiger partial charge in [-0.2, -0.15) is 13.2 Å². The second kappa shape index (κ2) is 10.3. The zero-order valence-electron chi connectivity index (χ0n) is 17.7. The zero-order valence-corrected chi connectivity index (χ0v) is 19.3. The van der Waals surface area contributed by atoms with Crippen molar-refractivity contribution in [3.05, 3.63) is 65.2 Å². The minimum absolute atomic E-state index is 0.317. The van der Waals surface area contributed by atoms with Crippen LogP contribution in [0, 0.1) is 0 Å². The van der Waals surface area contributed by atoms with E-state index in [9.17, 15) is 22.8 Å². The molecule has 2 saturated heterocycles. The van der Waals surface area contributed by atoms with E-state index in [0.29, 0.717) is 42.0 Å². The van der Waals surface area contributed by atoms with Gasteiger partial charge in [-0.25, -0.2) is 4.79 Å². The standard InChI is InChI=1S/C23H23F3N2O3S2/c24-23(25,26)18-2-1-3-19(14-18)27-8-10-28(11-9-27)20(29)15-31-21(30)16-4-6-17(7-5-16)22-32-12-13-33-22/h1-7,14,22H,8-13,15H2. The smallest absolute Gasteiger partial charge is 0.416 e. The van der Waals surface area contributed by atoms with Crippen LogP contribution in [0.3, 0.4) is 0 Å². The zero-order chi connectivity index (χ0) is 23.4. The third-order valence-corrected chi connectivity index (χ3v) is 8.64.